The van der Waals surface area contributed by atoms with E-state index in [1.54, 1.807) is 7.11 Å². The number of piperidine rings is 1. The first-order valence-electron chi connectivity index (χ1n) is 6.56. The summed E-state index contributed by atoms with van der Waals surface area (Å²) in [7, 11) is 1.67. The van der Waals surface area contributed by atoms with Crippen molar-refractivity contribution in [1.29, 1.82) is 0 Å². The highest BCUT2D eigenvalue weighted by Gasteiger charge is 2.18. The van der Waals surface area contributed by atoms with Gasteiger partial charge in [0.25, 0.3) is 0 Å². The van der Waals surface area contributed by atoms with Gasteiger partial charge in [-0.1, -0.05) is 0 Å². The second-order valence-corrected chi connectivity index (χ2v) is 5.47. The van der Waals surface area contributed by atoms with Gasteiger partial charge in [-0.3, -0.25) is 4.79 Å². The number of carbonyl (C=O) groups excluding carboxylic acids is 1. The summed E-state index contributed by atoms with van der Waals surface area (Å²) < 4.78 is 5.26. The van der Waals surface area contributed by atoms with Gasteiger partial charge in [0.15, 0.2) is 0 Å². The number of nitrogens with one attached hydrogen (secondary N) is 2. The zero-order valence-electron chi connectivity index (χ0n) is 11.3. The van der Waals surface area contributed by atoms with E-state index in [0.29, 0.717) is 13.0 Å². The normalized spacial score (nSPS) is 18.1. The van der Waals surface area contributed by atoms with E-state index < -0.39 is 0 Å². The van der Waals surface area contributed by atoms with Crippen molar-refractivity contribution in [2.75, 3.05) is 26.7 Å². The first-order chi connectivity index (χ1) is 8.03. The molecule has 4 heteroatoms. The van der Waals surface area contributed by atoms with Crippen molar-refractivity contribution in [3.8, 4) is 0 Å². The van der Waals surface area contributed by atoms with Gasteiger partial charge >= 0.3 is 0 Å². The van der Waals surface area contributed by atoms with E-state index in [1.807, 2.05) is 13.8 Å². The maximum absolute atomic E-state index is 11.7. The molecule has 1 aliphatic rings. The minimum atomic E-state index is -0.273. The van der Waals surface area contributed by atoms with Gasteiger partial charge in [-0.05, 0) is 52.1 Å². The summed E-state index contributed by atoms with van der Waals surface area (Å²) in [6.07, 6.45) is 4.07. The lowest BCUT2D eigenvalue weighted by Crippen LogP contribution is -2.39. The van der Waals surface area contributed by atoms with Crippen LogP contribution in [0.5, 0.6) is 0 Å². The highest BCUT2D eigenvalue weighted by atomic mass is 16.5. The molecule has 4 nitrogen and oxygen atoms in total. The first kappa shape index (κ1) is 14.5. The topological polar surface area (TPSA) is 50.4 Å². The Morgan fingerprint density at radius 2 is 2.06 bits per heavy atom. The Bertz CT molecular complexity index is 236. The molecule has 0 spiro atoms. The maximum Gasteiger partial charge on any atom is 0.220 e. The van der Waals surface area contributed by atoms with Crippen molar-refractivity contribution in [2.45, 2.75) is 45.1 Å². The van der Waals surface area contributed by atoms with Crippen molar-refractivity contribution in [3.63, 3.8) is 0 Å². The van der Waals surface area contributed by atoms with E-state index in [2.05, 4.69) is 10.6 Å². The number of amides is 1. The summed E-state index contributed by atoms with van der Waals surface area (Å²) in [5.74, 6) is 0.867. The number of ether oxygens (including phenoxy) is 1. The average molecular weight is 242 g/mol. The Hall–Kier alpha value is -0.610. The van der Waals surface area contributed by atoms with E-state index in [-0.39, 0.29) is 11.5 Å². The molecular formula is C13H26N2O2. The quantitative estimate of drug-likeness (QED) is 0.738. The predicted octanol–water partition coefficient (Wildman–Crippen LogP) is 1.31. The molecule has 0 unspecified atom stereocenters. The number of methoxy groups -OCH3 is 1. The van der Waals surface area contributed by atoms with Crippen molar-refractivity contribution in [3.05, 3.63) is 0 Å². The lowest BCUT2D eigenvalue weighted by Gasteiger charge is -2.24. The molecule has 1 fully saturated rings. The summed E-state index contributed by atoms with van der Waals surface area (Å²) in [6.45, 7) is 6.72. The molecule has 17 heavy (non-hydrogen) atoms. The monoisotopic (exact) mass is 242 g/mol. The highest BCUT2D eigenvalue weighted by molar-refractivity contribution is 5.75. The average Bonchev–Trinajstić information content (AvgIpc) is 2.35. The van der Waals surface area contributed by atoms with Crippen LogP contribution >= 0.6 is 0 Å². The molecule has 0 radical (unpaired) electrons. The predicted molar refractivity (Wildman–Crippen MR) is 68.9 cm³/mol. The number of hydrogen-bond donors (Lipinski definition) is 2. The summed E-state index contributed by atoms with van der Waals surface area (Å²) in [5, 5.41) is 6.27. The summed E-state index contributed by atoms with van der Waals surface area (Å²) in [6, 6.07) is 0. The van der Waals surface area contributed by atoms with Crippen LogP contribution in [0, 0.1) is 5.92 Å². The van der Waals surface area contributed by atoms with Gasteiger partial charge in [0.1, 0.15) is 0 Å². The van der Waals surface area contributed by atoms with Crippen LogP contribution in [0.15, 0.2) is 0 Å². The van der Waals surface area contributed by atoms with E-state index in [1.165, 1.54) is 12.8 Å². The SMILES string of the molecule is COC(C)(C)CNC(=O)CCC1CCNCC1. The van der Waals surface area contributed by atoms with E-state index in [0.717, 1.165) is 25.4 Å². The largest absolute Gasteiger partial charge is 0.377 e. The van der Waals surface area contributed by atoms with E-state index in [4.69, 9.17) is 4.74 Å². The fraction of sp³-hybridized carbons (Fsp3) is 0.923. The third kappa shape index (κ3) is 6.03. The second kappa shape index (κ2) is 6.97. The summed E-state index contributed by atoms with van der Waals surface area (Å²) in [5.41, 5.74) is -0.273. The van der Waals surface area contributed by atoms with Crippen LogP contribution in [0.2, 0.25) is 0 Å². The smallest absolute Gasteiger partial charge is 0.220 e. The molecule has 0 aliphatic carbocycles. The first-order valence-corrected chi connectivity index (χ1v) is 6.56. The number of carbonyl (C=O) groups is 1. The van der Waals surface area contributed by atoms with Crippen molar-refractivity contribution in [2.24, 2.45) is 5.92 Å². The Kier molecular flexibility index (Phi) is 5.92. The second-order valence-electron chi connectivity index (χ2n) is 5.47. The Labute approximate surface area is 104 Å². The van der Waals surface area contributed by atoms with Crippen LogP contribution < -0.4 is 10.6 Å². The van der Waals surface area contributed by atoms with Gasteiger partial charge in [-0.2, -0.15) is 0 Å². The van der Waals surface area contributed by atoms with Gasteiger partial charge in [0.05, 0.1) is 5.60 Å². The highest BCUT2D eigenvalue weighted by Crippen LogP contribution is 2.17. The standard InChI is InChI=1S/C13H26N2O2/c1-13(2,17-3)10-15-12(16)5-4-11-6-8-14-9-7-11/h11,14H,4-10H2,1-3H3,(H,15,16). The van der Waals surface area contributed by atoms with Crippen molar-refractivity contribution < 1.29 is 9.53 Å². The van der Waals surface area contributed by atoms with Crippen molar-refractivity contribution in [1.82, 2.24) is 10.6 Å². The van der Waals surface area contributed by atoms with Crippen LogP contribution in [-0.2, 0) is 9.53 Å². The minimum Gasteiger partial charge on any atom is -0.377 e. The maximum atomic E-state index is 11.7. The molecule has 0 aromatic carbocycles. The molecule has 0 aromatic rings. The van der Waals surface area contributed by atoms with Crippen LogP contribution in [-0.4, -0.2) is 38.3 Å². The molecule has 1 saturated heterocycles. The Morgan fingerprint density at radius 3 is 2.65 bits per heavy atom. The molecule has 2 N–H and O–H groups in total. The van der Waals surface area contributed by atoms with E-state index in [9.17, 15) is 4.79 Å². The lowest BCUT2D eigenvalue weighted by molar-refractivity contribution is -0.122. The third-order valence-corrected chi connectivity index (χ3v) is 3.50. The fourth-order valence-corrected chi connectivity index (χ4v) is 1.98. The molecular weight excluding hydrogens is 216 g/mol. The van der Waals surface area contributed by atoms with Gasteiger partial charge < -0.3 is 15.4 Å². The minimum absolute atomic E-state index is 0.147. The molecule has 1 aliphatic heterocycles. The zero-order valence-corrected chi connectivity index (χ0v) is 11.3. The van der Waals surface area contributed by atoms with Gasteiger partial charge in [-0.25, -0.2) is 0 Å². The van der Waals surface area contributed by atoms with E-state index >= 15 is 0 Å². The van der Waals surface area contributed by atoms with Gasteiger partial charge in [-0.15, -0.1) is 0 Å². The Morgan fingerprint density at radius 1 is 1.41 bits per heavy atom. The number of hydrogen-bond acceptors (Lipinski definition) is 3. The lowest BCUT2D eigenvalue weighted by atomic mass is 9.93. The molecule has 1 heterocycles. The molecule has 1 rings (SSSR count). The molecule has 0 atom stereocenters. The molecule has 0 bridgehead atoms. The van der Waals surface area contributed by atoms with Crippen LogP contribution in [0.1, 0.15) is 39.5 Å². The molecule has 100 valence electrons. The molecule has 0 aromatic heterocycles. The molecule has 1 amide bonds. The fourth-order valence-electron chi connectivity index (χ4n) is 1.98. The molecule has 0 saturated carbocycles. The van der Waals surface area contributed by atoms with Crippen molar-refractivity contribution >= 4 is 5.91 Å². The number of rotatable bonds is 6. The van der Waals surface area contributed by atoms with Crippen LogP contribution in [0.4, 0.5) is 0 Å². The van der Waals surface area contributed by atoms with Crippen LogP contribution in [0.3, 0.4) is 0 Å². The summed E-state index contributed by atoms with van der Waals surface area (Å²) in [4.78, 5) is 11.7. The van der Waals surface area contributed by atoms with Gasteiger partial charge in [0.2, 0.25) is 5.91 Å². The summed E-state index contributed by atoms with van der Waals surface area (Å²) >= 11 is 0. The van der Waals surface area contributed by atoms with Gasteiger partial charge in [0, 0.05) is 20.1 Å². The zero-order chi connectivity index (χ0) is 12.7. The van der Waals surface area contributed by atoms with Crippen LogP contribution in [0.25, 0.3) is 0 Å². The third-order valence-electron chi connectivity index (χ3n) is 3.50. The Balaban J connectivity index is 2.12.